The summed E-state index contributed by atoms with van der Waals surface area (Å²) in [6, 6.07) is 8.56. The molecule has 1 saturated heterocycles. The first-order valence-electron chi connectivity index (χ1n) is 8.26. The highest BCUT2D eigenvalue weighted by molar-refractivity contribution is 5.95. The van der Waals surface area contributed by atoms with E-state index in [1.165, 1.54) is 13.1 Å². The number of benzene rings is 1. The third-order valence-electron chi connectivity index (χ3n) is 4.15. The van der Waals surface area contributed by atoms with Crippen LogP contribution in [-0.2, 0) is 4.79 Å². The van der Waals surface area contributed by atoms with Gasteiger partial charge in [0.2, 0.25) is 12.4 Å². The maximum absolute atomic E-state index is 12.6. The fraction of sp³-hybridized carbons (Fsp3) is 0.278. The second-order valence-corrected chi connectivity index (χ2v) is 5.96. The smallest absolute Gasteiger partial charge is 0.272 e. The molecule has 26 heavy (non-hydrogen) atoms. The summed E-state index contributed by atoms with van der Waals surface area (Å²) in [7, 11) is 0. The number of aromatic nitrogens is 2. The molecule has 2 aromatic rings. The van der Waals surface area contributed by atoms with Crippen LogP contribution in [0.2, 0.25) is 0 Å². The largest absolute Gasteiger partial charge is 0.342 e. The summed E-state index contributed by atoms with van der Waals surface area (Å²) in [4.78, 5) is 46.6. The summed E-state index contributed by atoms with van der Waals surface area (Å²) >= 11 is 0. The van der Waals surface area contributed by atoms with Crippen LogP contribution >= 0.6 is 0 Å². The minimum Gasteiger partial charge on any atom is -0.342 e. The Bertz CT molecular complexity index is 831. The van der Waals surface area contributed by atoms with E-state index in [0.717, 1.165) is 6.41 Å². The average molecular weight is 353 g/mol. The lowest BCUT2D eigenvalue weighted by Gasteiger charge is -2.32. The van der Waals surface area contributed by atoms with E-state index in [-0.39, 0.29) is 23.3 Å². The standard InChI is InChI=1S/C18H19N5O3/c1-13(25)14-3-2-4-15(11-14)20-18-19-6-5-16(21-18)17(26)23-9-7-22(12-24)8-10-23/h2-6,11-12H,7-10H2,1H3,(H,19,20,21). The van der Waals surface area contributed by atoms with Crippen molar-refractivity contribution in [1.29, 1.82) is 0 Å². The lowest BCUT2D eigenvalue weighted by molar-refractivity contribution is -0.119. The van der Waals surface area contributed by atoms with Crippen molar-refractivity contribution < 1.29 is 14.4 Å². The molecule has 2 heterocycles. The molecule has 3 rings (SSSR count). The van der Waals surface area contributed by atoms with E-state index in [9.17, 15) is 14.4 Å². The van der Waals surface area contributed by atoms with Crippen LogP contribution in [0.5, 0.6) is 0 Å². The van der Waals surface area contributed by atoms with Crippen LogP contribution in [0.15, 0.2) is 36.5 Å². The summed E-state index contributed by atoms with van der Waals surface area (Å²) < 4.78 is 0. The molecule has 1 fully saturated rings. The number of amides is 2. The van der Waals surface area contributed by atoms with Gasteiger partial charge in [-0.25, -0.2) is 9.97 Å². The number of ketones is 1. The maximum Gasteiger partial charge on any atom is 0.272 e. The molecule has 1 aliphatic rings. The van der Waals surface area contributed by atoms with Gasteiger partial charge in [-0.05, 0) is 25.1 Å². The quantitative estimate of drug-likeness (QED) is 0.644. The maximum atomic E-state index is 12.6. The van der Waals surface area contributed by atoms with Gasteiger partial charge in [0.1, 0.15) is 5.69 Å². The number of hydrogen-bond donors (Lipinski definition) is 1. The van der Waals surface area contributed by atoms with Crippen LogP contribution in [0, 0.1) is 0 Å². The lowest BCUT2D eigenvalue weighted by atomic mass is 10.1. The van der Waals surface area contributed by atoms with Crippen LogP contribution in [0.1, 0.15) is 27.8 Å². The van der Waals surface area contributed by atoms with Gasteiger partial charge < -0.3 is 15.1 Å². The number of anilines is 2. The Balaban J connectivity index is 1.72. The molecule has 1 N–H and O–H groups in total. The fourth-order valence-corrected chi connectivity index (χ4v) is 2.68. The van der Waals surface area contributed by atoms with E-state index in [2.05, 4.69) is 15.3 Å². The van der Waals surface area contributed by atoms with Crippen LogP contribution < -0.4 is 5.32 Å². The summed E-state index contributed by atoms with van der Waals surface area (Å²) in [5.41, 5.74) is 1.53. The predicted octanol–water partition coefficient (Wildman–Crippen LogP) is 1.34. The van der Waals surface area contributed by atoms with Crippen molar-refractivity contribution in [3.63, 3.8) is 0 Å². The summed E-state index contributed by atoms with van der Waals surface area (Å²) in [5.74, 6) is 0.0505. The first-order chi connectivity index (χ1) is 12.6. The van der Waals surface area contributed by atoms with E-state index in [1.807, 2.05) is 0 Å². The molecule has 1 aromatic heterocycles. The van der Waals surface area contributed by atoms with Crippen molar-refractivity contribution in [3.05, 3.63) is 47.8 Å². The van der Waals surface area contributed by atoms with Gasteiger partial charge in [0, 0.05) is 43.6 Å². The van der Waals surface area contributed by atoms with Gasteiger partial charge in [0.15, 0.2) is 5.78 Å². The topological polar surface area (TPSA) is 95.5 Å². The third-order valence-corrected chi connectivity index (χ3v) is 4.15. The normalized spacial score (nSPS) is 14.0. The van der Waals surface area contributed by atoms with Gasteiger partial charge in [-0.2, -0.15) is 0 Å². The van der Waals surface area contributed by atoms with Crippen LogP contribution in [0.25, 0.3) is 0 Å². The number of nitrogens with one attached hydrogen (secondary N) is 1. The molecule has 8 heteroatoms. The average Bonchev–Trinajstić information content (AvgIpc) is 2.68. The molecule has 0 spiro atoms. The van der Waals surface area contributed by atoms with Crippen LogP contribution in [0.4, 0.5) is 11.6 Å². The molecule has 8 nitrogen and oxygen atoms in total. The molecule has 134 valence electrons. The highest BCUT2D eigenvalue weighted by atomic mass is 16.2. The minimum atomic E-state index is -0.196. The van der Waals surface area contributed by atoms with Crippen molar-refractivity contribution in [3.8, 4) is 0 Å². The van der Waals surface area contributed by atoms with Crippen molar-refractivity contribution in [2.75, 3.05) is 31.5 Å². The summed E-state index contributed by atoms with van der Waals surface area (Å²) in [6.07, 6.45) is 2.31. The van der Waals surface area contributed by atoms with Gasteiger partial charge in [-0.1, -0.05) is 12.1 Å². The SMILES string of the molecule is CC(=O)c1cccc(Nc2nccc(C(=O)N3CCN(C=O)CC3)n2)c1. The molecule has 0 radical (unpaired) electrons. The van der Waals surface area contributed by atoms with Gasteiger partial charge in [-0.3, -0.25) is 14.4 Å². The molecule has 0 aliphatic carbocycles. The highest BCUT2D eigenvalue weighted by Crippen LogP contribution is 2.16. The monoisotopic (exact) mass is 353 g/mol. The van der Waals surface area contributed by atoms with Crippen molar-refractivity contribution in [2.45, 2.75) is 6.92 Å². The minimum absolute atomic E-state index is 0.0343. The van der Waals surface area contributed by atoms with E-state index >= 15 is 0 Å². The highest BCUT2D eigenvalue weighted by Gasteiger charge is 2.22. The Morgan fingerprint density at radius 3 is 2.62 bits per heavy atom. The Labute approximate surface area is 150 Å². The van der Waals surface area contributed by atoms with Gasteiger partial charge in [-0.15, -0.1) is 0 Å². The molecule has 1 aromatic carbocycles. The van der Waals surface area contributed by atoms with Crippen molar-refractivity contribution in [2.24, 2.45) is 0 Å². The molecular weight excluding hydrogens is 334 g/mol. The van der Waals surface area contributed by atoms with Crippen LogP contribution in [-0.4, -0.2) is 64.0 Å². The second kappa shape index (κ2) is 7.73. The fourth-order valence-electron chi connectivity index (χ4n) is 2.68. The van der Waals surface area contributed by atoms with E-state index < -0.39 is 0 Å². The lowest BCUT2D eigenvalue weighted by Crippen LogP contribution is -2.48. The number of carbonyl (C=O) groups excluding carboxylic acids is 3. The number of Topliss-reactive ketones (excluding diaryl/α,β-unsaturated/α-hetero) is 1. The molecule has 0 bridgehead atoms. The second-order valence-electron chi connectivity index (χ2n) is 5.96. The molecule has 2 amide bonds. The first-order valence-corrected chi connectivity index (χ1v) is 8.26. The number of rotatable bonds is 5. The molecule has 0 saturated carbocycles. The van der Waals surface area contributed by atoms with E-state index in [4.69, 9.17) is 0 Å². The summed E-state index contributed by atoms with van der Waals surface area (Å²) in [5, 5.41) is 3.01. The first kappa shape index (κ1) is 17.5. The number of nitrogens with zero attached hydrogens (tertiary/aromatic N) is 4. The van der Waals surface area contributed by atoms with Gasteiger partial charge in [0.05, 0.1) is 0 Å². The third kappa shape index (κ3) is 4.02. The molecule has 1 aliphatic heterocycles. The molecular formula is C18H19N5O3. The Hall–Kier alpha value is -3.29. The Morgan fingerprint density at radius 1 is 1.15 bits per heavy atom. The Morgan fingerprint density at radius 2 is 1.92 bits per heavy atom. The van der Waals surface area contributed by atoms with Crippen molar-refractivity contribution in [1.82, 2.24) is 19.8 Å². The van der Waals surface area contributed by atoms with Crippen molar-refractivity contribution >= 4 is 29.7 Å². The van der Waals surface area contributed by atoms with E-state index in [1.54, 1.807) is 40.1 Å². The Kier molecular flexibility index (Phi) is 5.21. The summed E-state index contributed by atoms with van der Waals surface area (Å²) in [6.45, 7) is 3.49. The zero-order valence-corrected chi connectivity index (χ0v) is 14.4. The number of carbonyl (C=O) groups is 3. The van der Waals surface area contributed by atoms with E-state index in [0.29, 0.717) is 37.4 Å². The zero-order valence-electron chi connectivity index (χ0n) is 14.4. The van der Waals surface area contributed by atoms with Crippen LogP contribution in [0.3, 0.4) is 0 Å². The molecule has 0 unspecified atom stereocenters. The van der Waals surface area contributed by atoms with Gasteiger partial charge in [0.25, 0.3) is 5.91 Å². The predicted molar refractivity (Wildman–Crippen MR) is 95.3 cm³/mol. The molecule has 0 atom stereocenters. The number of piperazine rings is 1. The zero-order chi connectivity index (χ0) is 18.5. The van der Waals surface area contributed by atoms with Gasteiger partial charge >= 0.3 is 0 Å². The number of hydrogen-bond acceptors (Lipinski definition) is 6.